The number of aromatic nitrogens is 6. The first-order chi connectivity index (χ1) is 12.6. The van der Waals surface area contributed by atoms with Gasteiger partial charge in [0.2, 0.25) is 0 Å². The number of imidazole rings is 1. The fraction of sp³-hybridized carbons (Fsp3) is 0.312. The van der Waals surface area contributed by atoms with E-state index in [4.69, 9.17) is 11.6 Å². The number of nitrogens with zero attached hydrogens (tertiary/aromatic N) is 7. The minimum absolute atomic E-state index is 0.118. The van der Waals surface area contributed by atoms with Crippen LogP contribution in [0.15, 0.2) is 36.9 Å². The summed E-state index contributed by atoms with van der Waals surface area (Å²) in [5, 5.41) is 14.7. The lowest BCUT2D eigenvalue weighted by Gasteiger charge is -2.36. The summed E-state index contributed by atoms with van der Waals surface area (Å²) >= 11 is 6.40. The number of benzene rings is 1. The second kappa shape index (κ2) is 6.85. The maximum absolute atomic E-state index is 13.2. The lowest BCUT2D eigenvalue weighted by molar-refractivity contribution is 0.0621. The lowest BCUT2D eigenvalue weighted by atomic mass is 10.1. The molecular weight excluding hydrogens is 356 g/mol. The van der Waals surface area contributed by atoms with E-state index in [9.17, 15) is 4.79 Å². The Balaban J connectivity index is 1.64. The van der Waals surface area contributed by atoms with Crippen LogP contribution in [0, 0.1) is 0 Å². The molecule has 26 heavy (non-hydrogen) atoms. The SMILES string of the molecule is Cn1ccnc1C1CNCCN1C(=O)c1ccc(-n2cnnn2)cc1Cl. The van der Waals surface area contributed by atoms with E-state index < -0.39 is 0 Å². The van der Waals surface area contributed by atoms with Gasteiger partial charge in [-0.05, 0) is 28.6 Å². The number of aryl methyl sites for hydroxylation is 1. The molecule has 1 atom stereocenters. The Bertz CT molecular complexity index is 922. The molecule has 1 N–H and O–H groups in total. The molecule has 9 nitrogen and oxygen atoms in total. The Morgan fingerprint density at radius 1 is 1.38 bits per heavy atom. The average molecular weight is 373 g/mol. The van der Waals surface area contributed by atoms with Gasteiger partial charge in [0.05, 0.1) is 16.3 Å². The van der Waals surface area contributed by atoms with Gasteiger partial charge in [-0.1, -0.05) is 11.6 Å². The first-order valence-electron chi connectivity index (χ1n) is 8.17. The second-order valence-corrected chi connectivity index (χ2v) is 6.44. The monoisotopic (exact) mass is 372 g/mol. The van der Waals surface area contributed by atoms with Crippen LogP contribution in [0.2, 0.25) is 5.02 Å². The van der Waals surface area contributed by atoms with Crippen molar-refractivity contribution in [2.75, 3.05) is 19.6 Å². The standard InChI is InChI=1S/C16H17ClN8O/c1-23-6-5-19-15(23)14-9-18-4-7-24(14)16(26)12-3-2-11(8-13(12)17)25-10-20-21-22-25/h2-3,5-6,8,10,14,18H,4,7,9H2,1H3. The maximum Gasteiger partial charge on any atom is 0.256 e. The van der Waals surface area contributed by atoms with E-state index in [2.05, 4.69) is 25.8 Å². The zero-order chi connectivity index (χ0) is 18.1. The Morgan fingerprint density at radius 3 is 2.96 bits per heavy atom. The zero-order valence-electron chi connectivity index (χ0n) is 14.1. The zero-order valence-corrected chi connectivity index (χ0v) is 14.8. The maximum atomic E-state index is 13.2. The molecule has 2 aromatic heterocycles. The molecule has 1 unspecified atom stereocenters. The van der Waals surface area contributed by atoms with Gasteiger partial charge in [0.25, 0.3) is 5.91 Å². The molecule has 3 heterocycles. The Labute approximate surface area is 154 Å². The fourth-order valence-corrected chi connectivity index (χ4v) is 3.39. The third kappa shape index (κ3) is 2.95. The molecule has 0 aliphatic carbocycles. The number of hydrogen-bond donors (Lipinski definition) is 1. The van der Waals surface area contributed by atoms with Gasteiger partial charge >= 0.3 is 0 Å². The van der Waals surface area contributed by atoms with Gasteiger partial charge in [-0.2, -0.15) is 0 Å². The minimum atomic E-state index is -0.147. The van der Waals surface area contributed by atoms with Crippen molar-refractivity contribution in [3.8, 4) is 5.69 Å². The second-order valence-electron chi connectivity index (χ2n) is 6.03. The molecule has 1 fully saturated rings. The number of halogens is 1. The van der Waals surface area contributed by atoms with Crippen LogP contribution in [0.4, 0.5) is 0 Å². The first kappa shape index (κ1) is 16.7. The minimum Gasteiger partial charge on any atom is -0.336 e. The molecule has 1 saturated heterocycles. The van der Waals surface area contributed by atoms with Crippen molar-refractivity contribution < 1.29 is 4.79 Å². The molecule has 4 rings (SSSR count). The van der Waals surface area contributed by atoms with Crippen molar-refractivity contribution in [2.45, 2.75) is 6.04 Å². The van der Waals surface area contributed by atoms with Crippen molar-refractivity contribution in [2.24, 2.45) is 7.05 Å². The van der Waals surface area contributed by atoms with Crippen LogP contribution in [-0.4, -0.2) is 60.2 Å². The van der Waals surface area contributed by atoms with Crippen LogP contribution >= 0.6 is 11.6 Å². The van der Waals surface area contributed by atoms with Crippen molar-refractivity contribution in [1.29, 1.82) is 0 Å². The number of rotatable bonds is 3. The smallest absolute Gasteiger partial charge is 0.256 e. The molecule has 10 heteroatoms. The summed E-state index contributed by atoms with van der Waals surface area (Å²) in [6.07, 6.45) is 5.08. The Kier molecular flexibility index (Phi) is 4.39. The molecular formula is C16H17ClN8O. The van der Waals surface area contributed by atoms with Gasteiger partial charge in [0.15, 0.2) is 0 Å². The van der Waals surface area contributed by atoms with Gasteiger partial charge in [-0.25, -0.2) is 9.67 Å². The van der Waals surface area contributed by atoms with E-state index in [0.29, 0.717) is 29.4 Å². The normalized spacial score (nSPS) is 17.5. The summed E-state index contributed by atoms with van der Waals surface area (Å²) in [5.74, 6) is 0.722. The van der Waals surface area contributed by atoms with Crippen LogP contribution in [0.25, 0.3) is 5.69 Å². The summed E-state index contributed by atoms with van der Waals surface area (Å²) in [5.41, 5.74) is 1.14. The van der Waals surface area contributed by atoms with E-state index in [1.807, 2.05) is 22.7 Å². The third-order valence-electron chi connectivity index (χ3n) is 4.46. The summed E-state index contributed by atoms with van der Waals surface area (Å²) < 4.78 is 3.42. The van der Waals surface area contributed by atoms with Gasteiger partial charge in [-0.15, -0.1) is 5.10 Å². The highest BCUT2D eigenvalue weighted by Crippen LogP contribution is 2.27. The first-order valence-corrected chi connectivity index (χ1v) is 8.55. The van der Waals surface area contributed by atoms with Crippen LogP contribution in [0.1, 0.15) is 22.2 Å². The Hall–Kier alpha value is -2.78. The lowest BCUT2D eigenvalue weighted by Crippen LogP contribution is -2.49. The predicted octanol–water partition coefficient (Wildman–Crippen LogP) is 0.836. The number of tetrazole rings is 1. The van der Waals surface area contributed by atoms with E-state index in [1.54, 1.807) is 24.4 Å². The van der Waals surface area contributed by atoms with E-state index in [-0.39, 0.29) is 11.9 Å². The van der Waals surface area contributed by atoms with Crippen molar-refractivity contribution in [3.05, 3.63) is 53.3 Å². The molecule has 0 saturated carbocycles. The average Bonchev–Trinajstić information content (AvgIpc) is 3.33. The number of carbonyl (C=O) groups is 1. The molecule has 1 aliphatic heterocycles. The highest BCUT2D eigenvalue weighted by molar-refractivity contribution is 6.34. The number of carbonyl (C=O) groups excluding carboxylic acids is 1. The topological polar surface area (TPSA) is 93.8 Å². The molecule has 3 aromatic rings. The number of nitrogens with one attached hydrogen (secondary N) is 1. The van der Waals surface area contributed by atoms with Crippen LogP contribution in [0.3, 0.4) is 0 Å². The predicted molar refractivity (Wildman–Crippen MR) is 94.0 cm³/mol. The van der Waals surface area contributed by atoms with Crippen molar-refractivity contribution in [3.63, 3.8) is 0 Å². The van der Waals surface area contributed by atoms with Crippen molar-refractivity contribution in [1.82, 2.24) is 40.0 Å². The molecule has 1 aromatic carbocycles. The van der Waals surface area contributed by atoms with Crippen LogP contribution in [0.5, 0.6) is 0 Å². The molecule has 1 amide bonds. The fourth-order valence-electron chi connectivity index (χ4n) is 3.13. The largest absolute Gasteiger partial charge is 0.336 e. The molecule has 0 radical (unpaired) electrons. The van der Waals surface area contributed by atoms with Crippen LogP contribution < -0.4 is 5.32 Å². The van der Waals surface area contributed by atoms with E-state index >= 15 is 0 Å². The highest BCUT2D eigenvalue weighted by Gasteiger charge is 2.31. The Morgan fingerprint density at radius 2 is 2.27 bits per heavy atom. The molecule has 0 spiro atoms. The molecule has 0 bridgehead atoms. The van der Waals surface area contributed by atoms with Gasteiger partial charge in [-0.3, -0.25) is 4.79 Å². The van der Waals surface area contributed by atoms with Gasteiger partial charge < -0.3 is 14.8 Å². The van der Waals surface area contributed by atoms with Crippen LogP contribution in [-0.2, 0) is 7.05 Å². The number of hydrogen-bond acceptors (Lipinski definition) is 6. The van der Waals surface area contributed by atoms with Crippen molar-refractivity contribution >= 4 is 17.5 Å². The summed E-state index contributed by atoms with van der Waals surface area (Å²) in [7, 11) is 1.92. The third-order valence-corrected chi connectivity index (χ3v) is 4.77. The molecule has 134 valence electrons. The van der Waals surface area contributed by atoms with E-state index in [1.165, 1.54) is 11.0 Å². The number of amides is 1. The summed E-state index contributed by atoms with van der Waals surface area (Å²) in [6, 6.07) is 5.02. The summed E-state index contributed by atoms with van der Waals surface area (Å²) in [6.45, 7) is 1.96. The number of piperazine rings is 1. The van der Waals surface area contributed by atoms with Gasteiger partial charge in [0.1, 0.15) is 18.2 Å². The highest BCUT2D eigenvalue weighted by atomic mass is 35.5. The summed E-state index contributed by atoms with van der Waals surface area (Å²) in [4.78, 5) is 19.4. The molecule has 1 aliphatic rings. The van der Waals surface area contributed by atoms with E-state index in [0.717, 1.165) is 12.4 Å². The van der Waals surface area contributed by atoms with Gasteiger partial charge in [0, 0.05) is 39.1 Å². The quantitative estimate of drug-likeness (QED) is 0.732.